The molecule has 1 saturated carbocycles. The molecule has 3 nitrogen and oxygen atoms in total. The third-order valence-electron chi connectivity index (χ3n) is 3.93. The van der Waals surface area contributed by atoms with Crippen LogP contribution >= 0.6 is 0 Å². The number of aliphatic hydroxyl groups excluding tert-OH is 3. The summed E-state index contributed by atoms with van der Waals surface area (Å²) >= 11 is 0. The van der Waals surface area contributed by atoms with Crippen molar-refractivity contribution in [1.29, 1.82) is 0 Å². The van der Waals surface area contributed by atoms with E-state index in [4.69, 9.17) is 15.3 Å². The largest absolute Gasteiger partial charge is 0.396 e. The van der Waals surface area contributed by atoms with Gasteiger partial charge in [0.25, 0.3) is 0 Å². The van der Waals surface area contributed by atoms with Gasteiger partial charge in [0.05, 0.1) is 19.8 Å². The molecule has 0 aromatic carbocycles. The van der Waals surface area contributed by atoms with Crippen LogP contribution in [0.4, 0.5) is 0 Å². The van der Waals surface area contributed by atoms with E-state index in [0.717, 1.165) is 11.8 Å². The zero-order valence-corrected chi connectivity index (χ0v) is 10.1. The Balaban J connectivity index is 0.000000163. The van der Waals surface area contributed by atoms with E-state index in [2.05, 4.69) is 12.2 Å². The first-order chi connectivity index (χ1) is 7.69. The lowest BCUT2D eigenvalue weighted by molar-refractivity contribution is 0.00304. The smallest absolute Gasteiger partial charge is 0.0531 e. The Morgan fingerprint density at radius 3 is 1.50 bits per heavy atom. The van der Waals surface area contributed by atoms with Gasteiger partial charge in [-0.25, -0.2) is 0 Å². The van der Waals surface area contributed by atoms with Crippen LogP contribution in [0.15, 0.2) is 12.2 Å². The zero-order chi connectivity index (χ0) is 12.0. The van der Waals surface area contributed by atoms with Crippen molar-refractivity contribution in [1.82, 2.24) is 0 Å². The lowest BCUT2D eigenvalue weighted by Gasteiger charge is -2.24. The van der Waals surface area contributed by atoms with E-state index in [-0.39, 0.29) is 19.8 Å². The molecule has 2 bridgehead atoms. The van der Waals surface area contributed by atoms with Crippen molar-refractivity contribution in [3.05, 3.63) is 12.2 Å². The van der Waals surface area contributed by atoms with Crippen LogP contribution in [0.2, 0.25) is 0 Å². The minimum Gasteiger partial charge on any atom is -0.396 e. The Bertz CT molecular complexity index is 192. The predicted molar refractivity (Wildman–Crippen MR) is 64.0 cm³/mol. The summed E-state index contributed by atoms with van der Waals surface area (Å²) < 4.78 is 0. The van der Waals surface area contributed by atoms with Gasteiger partial charge in [0.2, 0.25) is 0 Å². The third-order valence-corrected chi connectivity index (χ3v) is 3.93. The molecule has 0 spiro atoms. The lowest BCUT2D eigenvalue weighted by Crippen LogP contribution is -2.32. The van der Waals surface area contributed by atoms with E-state index >= 15 is 0 Å². The summed E-state index contributed by atoms with van der Waals surface area (Å²) in [7, 11) is 0. The van der Waals surface area contributed by atoms with Gasteiger partial charge in [0.15, 0.2) is 0 Å². The van der Waals surface area contributed by atoms with E-state index < -0.39 is 5.41 Å². The highest BCUT2D eigenvalue weighted by molar-refractivity contribution is 5.06. The van der Waals surface area contributed by atoms with Crippen molar-refractivity contribution in [2.75, 3.05) is 19.8 Å². The molecule has 0 aliphatic heterocycles. The second-order valence-corrected chi connectivity index (χ2v) is 5.05. The number of fused-ring (bicyclic) bond motifs is 2. The maximum absolute atomic E-state index is 8.66. The molecule has 0 heterocycles. The molecule has 94 valence electrons. The molecule has 2 unspecified atom stereocenters. The molecule has 2 aliphatic rings. The number of aliphatic hydroxyl groups is 3. The van der Waals surface area contributed by atoms with Gasteiger partial charge < -0.3 is 15.3 Å². The second-order valence-electron chi connectivity index (χ2n) is 5.05. The molecule has 1 fully saturated rings. The fraction of sp³-hybridized carbons (Fsp3) is 0.846. The van der Waals surface area contributed by atoms with Crippen LogP contribution in [0.3, 0.4) is 0 Å². The Kier molecular flexibility index (Phi) is 5.46. The van der Waals surface area contributed by atoms with Crippen LogP contribution in [0.25, 0.3) is 0 Å². The SMILES string of the molecule is C1=CC2CCC1C2.CCC(CO)(CO)CO. The molecule has 3 heteroatoms. The lowest BCUT2D eigenvalue weighted by atomic mass is 9.88. The summed E-state index contributed by atoms with van der Waals surface area (Å²) in [4.78, 5) is 0. The zero-order valence-electron chi connectivity index (χ0n) is 10.1. The summed E-state index contributed by atoms with van der Waals surface area (Å²) in [5.41, 5.74) is -0.667. The van der Waals surface area contributed by atoms with E-state index in [1.54, 1.807) is 0 Å². The van der Waals surface area contributed by atoms with E-state index in [0.29, 0.717) is 6.42 Å². The molecule has 0 aromatic rings. The van der Waals surface area contributed by atoms with Gasteiger partial charge >= 0.3 is 0 Å². The van der Waals surface area contributed by atoms with Crippen molar-refractivity contribution < 1.29 is 15.3 Å². The van der Waals surface area contributed by atoms with Crippen molar-refractivity contribution in [3.63, 3.8) is 0 Å². The standard InChI is InChI=1S/C7H10.C6H14O3/c1-2-7-4-3-6(1)5-7;1-2-6(3-7,4-8)5-9/h1-2,6-7H,3-5H2;7-9H,2-5H2,1H3. The van der Waals surface area contributed by atoms with Gasteiger partial charge in [-0.3, -0.25) is 0 Å². The summed E-state index contributed by atoms with van der Waals surface area (Å²) in [6, 6.07) is 0. The monoisotopic (exact) mass is 228 g/mol. The van der Waals surface area contributed by atoms with Gasteiger partial charge in [0, 0.05) is 5.41 Å². The number of rotatable bonds is 4. The van der Waals surface area contributed by atoms with Gasteiger partial charge in [-0.1, -0.05) is 19.1 Å². The van der Waals surface area contributed by atoms with Gasteiger partial charge in [0.1, 0.15) is 0 Å². The maximum atomic E-state index is 8.66. The first-order valence-electron chi connectivity index (χ1n) is 6.20. The van der Waals surface area contributed by atoms with E-state index in [1.165, 1.54) is 19.3 Å². The molecule has 3 N–H and O–H groups in total. The van der Waals surface area contributed by atoms with Gasteiger partial charge in [-0.2, -0.15) is 0 Å². The van der Waals surface area contributed by atoms with Gasteiger partial charge in [-0.05, 0) is 37.5 Å². The fourth-order valence-electron chi connectivity index (χ4n) is 2.20. The molecule has 0 aromatic heterocycles. The quantitative estimate of drug-likeness (QED) is 0.636. The van der Waals surface area contributed by atoms with Crippen LogP contribution in [-0.2, 0) is 0 Å². The summed E-state index contributed by atoms with van der Waals surface area (Å²) in [6.07, 6.45) is 9.78. The Labute approximate surface area is 97.8 Å². The highest BCUT2D eigenvalue weighted by Crippen LogP contribution is 2.38. The highest BCUT2D eigenvalue weighted by Gasteiger charge is 2.25. The third kappa shape index (κ3) is 3.30. The van der Waals surface area contributed by atoms with Crippen molar-refractivity contribution in [2.45, 2.75) is 32.6 Å². The molecule has 2 atom stereocenters. The molecule has 2 aliphatic carbocycles. The van der Waals surface area contributed by atoms with Crippen LogP contribution < -0.4 is 0 Å². The predicted octanol–water partition coefficient (Wildman–Crippen LogP) is 1.33. The van der Waals surface area contributed by atoms with Crippen molar-refractivity contribution in [3.8, 4) is 0 Å². The number of allylic oxidation sites excluding steroid dienone is 2. The summed E-state index contributed by atoms with van der Waals surface area (Å²) in [6.45, 7) is 1.35. The normalized spacial score (nSPS) is 26.8. The number of hydrogen-bond acceptors (Lipinski definition) is 3. The summed E-state index contributed by atoms with van der Waals surface area (Å²) in [5.74, 6) is 1.98. The Morgan fingerprint density at radius 2 is 1.44 bits per heavy atom. The minimum absolute atomic E-state index is 0.156. The fourth-order valence-corrected chi connectivity index (χ4v) is 2.20. The van der Waals surface area contributed by atoms with Crippen LogP contribution in [-0.4, -0.2) is 35.1 Å². The number of hydrogen-bond donors (Lipinski definition) is 3. The molecule has 2 rings (SSSR count). The van der Waals surface area contributed by atoms with Crippen LogP contribution in [0, 0.1) is 17.3 Å². The summed E-state index contributed by atoms with van der Waals surface area (Å²) in [5, 5.41) is 26.0. The van der Waals surface area contributed by atoms with Crippen LogP contribution in [0.1, 0.15) is 32.6 Å². The minimum atomic E-state index is -0.667. The average molecular weight is 228 g/mol. The Hall–Kier alpha value is -0.380. The molecule has 0 amide bonds. The van der Waals surface area contributed by atoms with E-state index in [9.17, 15) is 0 Å². The van der Waals surface area contributed by atoms with Crippen molar-refractivity contribution in [2.24, 2.45) is 17.3 Å². The molecule has 0 saturated heterocycles. The maximum Gasteiger partial charge on any atom is 0.0531 e. The Morgan fingerprint density at radius 1 is 1.00 bits per heavy atom. The molecule has 16 heavy (non-hydrogen) atoms. The molecular formula is C13H24O3. The highest BCUT2D eigenvalue weighted by atomic mass is 16.3. The van der Waals surface area contributed by atoms with Gasteiger partial charge in [-0.15, -0.1) is 0 Å². The average Bonchev–Trinajstić information content (AvgIpc) is 2.98. The second kappa shape index (κ2) is 6.38. The first kappa shape index (κ1) is 13.7. The van der Waals surface area contributed by atoms with Crippen LogP contribution in [0.5, 0.6) is 0 Å². The molecular weight excluding hydrogens is 204 g/mol. The van der Waals surface area contributed by atoms with E-state index in [1.807, 2.05) is 6.92 Å². The molecule has 0 radical (unpaired) electrons. The first-order valence-corrected chi connectivity index (χ1v) is 6.20. The van der Waals surface area contributed by atoms with Crippen molar-refractivity contribution >= 4 is 0 Å². The topological polar surface area (TPSA) is 60.7 Å².